The summed E-state index contributed by atoms with van der Waals surface area (Å²) in [6.07, 6.45) is 1.84. The number of nitrogens with zero attached hydrogens (tertiary/aromatic N) is 3. The summed E-state index contributed by atoms with van der Waals surface area (Å²) in [5, 5.41) is 4.28. The van der Waals surface area contributed by atoms with Crippen molar-refractivity contribution in [2.24, 2.45) is 0 Å². The third-order valence-electron chi connectivity index (χ3n) is 7.92. The zero-order chi connectivity index (χ0) is 28.7. The minimum Gasteiger partial charge on any atom is -0.457 e. The summed E-state index contributed by atoms with van der Waals surface area (Å²) in [5.74, 6) is 1.59. The lowest BCUT2D eigenvalue weighted by Crippen LogP contribution is -2.29. The van der Waals surface area contributed by atoms with Gasteiger partial charge in [-0.1, -0.05) is 42.0 Å². The topological polar surface area (TPSA) is 42.3 Å². The molecule has 2 atom stereocenters. The molecule has 0 amide bonds. The van der Waals surface area contributed by atoms with E-state index in [4.69, 9.17) is 21.9 Å². The number of anilines is 1. The molecule has 3 aromatic carbocycles. The molecule has 1 aliphatic rings. The van der Waals surface area contributed by atoms with Crippen molar-refractivity contribution in [2.45, 2.75) is 46.7 Å². The fourth-order valence-corrected chi connectivity index (χ4v) is 6.30. The first-order chi connectivity index (χ1) is 19.8. The Bertz CT molecular complexity index is 1690. The molecule has 206 valence electrons. The van der Waals surface area contributed by atoms with Crippen molar-refractivity contribution in [2.75, 3.05) is 4.90 Å². The Balaban J connectivity index is 1.43. The molecule has 0 radical (unpaired) electrons. The molecule has 1 saturated heterocycles. The van der Waals surface area contributed by atoms with Gasteiger partial charge in [-0.05, 0) is 118 Å². The maximum absolute atomic E-state index is 6.11. The molecule has 2 aromatic heterocycles. The van der Waals surface area contributed by atoms with Gasteiger partial charge in [0, 0.05) is 23.3 Å². The summed E-state index contributed by atoms with van der Waals surface area (Å²) in [5.41, 5.74) is 10.5. The number of benzene rings is 3. The van der Waals surface area contributed by atoms with E-state index in [-0.39, 0.29) is 12.1 Å². The quantitative estimate of drug-likeness (QED) is 0.212. The number of rotatable bonds is 6. The van der Waals surface area contributed by atoms with Crippen LogP contribution in [-0.2, 0) is 0 Å². The average Bonchev–Trinajstić information content (AvgIpc) is 3.46. The minimum absolute atomic E-state index is 0.0921. The van der Waals surface area contributed by atoms with Crippen molar-refractivity contribution in [3.8, 4) is 17.2 Å². The molecule has 1 aliphatic heterocycles. The van der Waals surface area contributed by atoms with Gasteiger partial charge in [0.1, 0.15) is 11.5 Å². The molecule has 0 bridgehead atoms. The minimum atomic E-state index is -0.112. The predicted octanol–water partition coefficient (Wildman–Crippen LogP) is 8.38. The fourth-order valence-electron chi connectivity index (χ4n) is 5.96. The first-order valence-electron chi connectivity index (χ1n) is 13.9. The molecule has 1 fully saturated rings. The van der Waals surface area contributed by atoms with Gasteiger partial charge in [0.25, 0.3) is 0 Å². The second-order valence-electron chi connectivity index (χ2n) is 10.8. The summed E-state index contributed by atoms with van der Waals surface area (Å²) >= 11 is 5.99. The summed E-state index contributed by atoms with van der Waals surface area (Å²) in [6.45, 7) is 10.8. The van der Waals surface area contributed by atoms with Gasteiger partial charge in [-0.25, -0.2) is 0 Å². The van der Waals surface area contributed by atoms with Gasteiger partial charge in [0.15, 0.2) is 5.11 Å². The van der Waals surface area contributed by atoms with E-state index in [1.165, 1.54) is 39.3 Å². The number of aromatic nitrogens is 2. The van der Waals surface area contributed by atoms with E-state index in [9.17, 15) is 0 Å². The van der Waals surface area contributed by atoms with Gasteiger partial charge in [-0.3, -0.25) is 4.98 Å². The highest BCUT2D eigenvalue weighted by atomic mass is 32.1. The first kappa shape index (κ1) is 26.8. The Hall–Kier alpha value is -4.42. The zero-order valence-electron chi connectivity index (χ0n) is 24.1. The van der Waals surface area contributed by atoms with E-state index in [0.29, 0.717) is 5.11 Å². The SMILES string of the molecule is Cc1ccc(Oc2ccc(N3C(=S)NC(c4ccccn4)C3c3cc(C)n(-c4c(C)cccc4C)c3C)cc2)cc1. The predicted molar refractivity (Wildman–Crippen MR) is 170 cm³/mol. The molecule has 0 saturated carbocycles. The van der Waals surface area contributed by atoms with E-state index >= 15 is 0 Å². The Labute approximate surface area is 247 Å². The third-order valence-corrected chi connectivity index (χ3v) is 8.24. The lowest BCUT2D eigenvalue weighted by atomic mass is 9.96. The molecule has 5 aromatic rings. The number of pyridine rings is 1. The van der Waals surface area contributed by atoms with Crippen molar-refractivity contribution in [1.82, 2.24) is 14.9 Å². The second kappa shape index (κ2) is 10.9. The van der Waals surface area contributed by atoms with Crippen LogP contribution in [0.5, 0.6) is 11.5 Å². The van der Waals surface area contributed by atoms with Crippen LogP contribution in [0.25, 0.3) is 5.69 Å². The fraction of sp³-hybridized carbons (Fsp3) is 0.200. The largest absolute Gasteiger partial charge is 0.457 e. The standard InChI is InChI=1S/C35H34N4OS/c1-22-12-16-28(17-13-22)40-29-18-14-27(15-19-29)39-34(32(37-35(39)41)31-11-6-7-20-36-31)30-21-25(4)38(26(30)5)33-23(2)9-8-10-24(33)3/h6-21,32,34H,1-5H3,(H,37,41). The lowest BCUT2D eigenvalue weighted by molar-refractivity contribution is 0.482. The molecule has 2 unspecified atom stereocenters. The monoisotopic (exact) mass is 558 g/mol. The normalized spacial score (nSPS) is 16.6. The molecule has 41 heavy (non-hydrogen) atoms. The van der Waals surface area contributed by atoms with Crippen LogP contribution >= 0.6 is 12.2 Å². The maximum Gasteiger partial charge on any atom is 0.174 e. The number of hydrogen-bond donors (Lipinski definition) is 1. The average molecular weight is 559 g/mol. The van der Waals surface area contributed by atoms with Crippen LogP contribution in [0.1, 0.15) is 51.4 Å². The number of thiocarbonyl (C=S) groups is 1. The Morgan fingerprint density at radius 2 is 1.44 bits per heavy atom. The van der Waals surface area contributed by atoms with E-state index in [2.05, 4.69) is 104 Å². The van der Waals surface area contributed by atoms with Crippen molar-refractivity contribution < 1.29 is 4.74 Å². The molecule has 0 aliphatic carbocycles. The number of nitrogens with one attached hydrogen (secondary N) is 1. The van der Waals surface area contributed by atoms with Crippen LogP contribution in [0.3, 0.4) is 0 Å². The van der Waals surface area contributed by atoms with Crippen LogP contribution in [0.15, 0.2) is 97.2 Å². The molecule has 1 N–H and O–H groups in total. The third kappa shape index (κ3) is 5.00. The number of para-hydroxylation sites is 1. The van der Waals surface area contributed by atoms with E-state index in [0.717, 1.165) is 22.9 Å². The highest BCUT2D eigenvalue weighted by Gasteiger charge is 2.42. The van der Waals surface area contributed by atoms with E-state index < -0.39 is 0 Å². The van der Waals surface area contributed by atoms with Gasteiger partial charge >= 0.3 is 0 Å². The van der Waals surface area contributed by atoms with Gasteiger partial charge in [-0.2, -0.15) is 0 Å². The highest BCUT2D eigenvalue weighted by Crippen LogP contribution is 2.44. The summed E-state index contributed by atoms with van der Waals surface area (Å²) < 4.78 is 8.49. The maximum atomic E-state index is 6.11. The van der Waals surface area contributed by atoms with Crippen LogP contribution in [-0.4, -0.2) is 14.7 Å². The van der Waals surface area contributed by atoms with Gasteiger partial charge in [0.05, 0.1) is 23.5 Å². The van der Waals surface area contributed by atoms with E-state index in [1.807, 2.05) is 42.6 Å². The Morgan fingerprint density at radius 3 is 2.07 bits per heavy atom. The van der Waals surface area contributed by atoms with Crippen LogP contribution < -0.4 is 15.0 Å². The number of aryl methyl sites for hydroxylation is 4. The Morgan fingerprint density at radius 1 is 0.780 bits per heavy atom. The Kier molecular flexibility index (Phi) is 7.10. The van der Waals surface area contributed by atoms with Gasteiger partial charge in [-0.15, -0.1) is 0 Å². The lowest BCUT2D eigenvalue weighted by Gasteiger charge is -2.28. The van der Waals surface area contributed by atoms with Crippen LogP contribution in [0, 0.1) is 34.6 Å². The molecule has 3 heterocycles. The van der Waals surface area contributed by atoms with Crippen molar-refractivity contribution in [3.63, 3.8) is 0 Å². The molecular weight excluding hydrogens is 524 g/mol. The van der Waals surface area contributed by atoms with Crippen molar-refractivity contribution >= 4 is 23.0 Å². The highest BCUT2D eigenvalue weighted by molar-refractivity contribution is 7.80. The molecule has 6 rings (SSSR count). The molecular formula is C35H34N4OS. The molecule has 5 nitrogen and oxygen atoms in total. The van der Waals surface area contributed by atoms with Crippen LogP contribution in [0.2, 0.25) is 0 Å². The number of ether oxygens (including phenoxy) is 1. The zero-order valence-corrected chi connectivity index (χ0v) is 24.9. The van der Waals surface area contributed by atoms with E-state index in [1.54, 1.807) is 0 Å². The van der Waals surface area contributed by atoms with Gasteiger partial charge < -0.3 is 19.5 Å². The number of hydrogen-bond acceptors (Lipinski definition) is 3. The van der Waals surface area contributed by atoms with Crippen molar-refractivity contribution in [1.29, 1.82) is 0 Å². The molecule has 6 heteroatoms. The summed E-state index contributed by atoms with van der Waals surface area (Å²) in [4.78, 5) is 6.96. The summed E-state index contributed by atoms with van der Waals surface area (Å²) in [7, 11) is 0. The second-order valence-corrected chi connectivity index (χ2v) is 11.2. The van der Waals surface area contributed by atoms with Crippen molar-refractivity contribution in [3.05, 3.63) is 137 Å². The summed E-state index contributed by atoms with van der Waals surface area (Å²) in [6, 6.07) is 30.9. The first-order valence-corrected chi connectivity index (χ1v) is 14.3. The van der Waals surface area contributed by atoms with Gasteiger partial charge in [0.2, 0.25) is 0 Å². The van der Waals surface area contributed by atoms with Crippen LogP contribution in [0.4, 0.5) is 5.69 Å². The molecule has 0 spiro atoms. The smallest absolute Gasteiger partial charge is 0.174 e.